The summed E-state index contributed by atoms with van der Waals surface area (Å²) in [5.41, 5.74) is 3.88. The van der Waals surface area contributed by atoms with Gasteiger partial charge in [0.05, 0.1) is 34.7 Å². The number of halogens is 2. The van der Waals surface area contributed by atoms with E-state index >= 15 is 0 Å². The molecule has 2 aromatic heterocycles. The molecule has 0 unspecified atom stereocenters. The largest absolute Gasteiger partial charge is 0.369 e. The highest BCUT2D eigenvalue weighted by Gasteiger charge is 2.47. The molecule has 1 aromatic carbocycles. The van der Waals surface area contributed by atoms with Crippen LogP contribution in [0, 0.1) is 17.2 Å². The summed E-state index contributed by atoms with van der Waals surface area (Å²) in [6.45, 7) is 2.37. The first-order valence-corrected chi connectivity index (χ1v) is 14.5. The topological polar surface area (TPSA) is 108 Å². The van der Waals surface area contributed by atoms with Crippen LogP contribution >= 0.6 is 0 Å². The number of carbonyl (C=O) groups excluding carboxylic acids is 1. The Morgan fingerprint density at radius 3 is 2.58 bits per heavy atom. The first-order chi connectivity index (χ1) is 18.1. The number of nitriles is 1. The first-order valence-electron chi connectivity index (χ1n) is 12.7. The Morgan fingerprint density at radius 2 is 1.89 bits per heavy atom. The van der Waals surface area contributed by atoms with E-state index in [1.165, 1.54) is 6.92 Å². The Morgan fingerprint density at radius 1 is 1.18 bits per heavy atom. The fraction of sp³-hybridized carbons (Fsp3) is 0.444. The smallest absolute Gasteiger partial charge is 0.249 e. The van der Waals surface area contributed by atoms with Gasteiger partial charge in [-0.1, -0.05) is 18.2 Å². The molecule has 5 rings (SSSR count). The average Bonchev–Trinajstić information content (AvgIpc) is 3.27. The summed E-state index contributed by atoms with van der Waals surface area (Å²) < 4.78 is 54.3. The maximum atomic E-state index is 14.5. The Bertz CT molecular complexity index is 1480. The standard InChI is InChI=1S/C27H29F2N5O3S/c1-18(17-30)31-26(35)22-16-27(28,29)10-9-21(22)25-24(23-4-2-3-11-34(23)32-25)19-5-7-20(8-6-19)33-12-14-38(36,37)15-13-33/h2-8,11,18,21-22H,9-10,12-16H2,1H3,(H,31,35)/t18-,21+,22+/m0/s1. The van der Waals surface area contributed by atoms with Crippen molar-refractivity contribution in [3.05, 3.63) is 54.4 Å². The third-order valence-corrected chi connectivity index (χ3v) is 9.11. The first kappa shape index (κ1) is 26.1. The maximum Gasteiger partial charge on any atom is 0.249 e. The highest BCUT2D eigenvalue weighted by molar-refractivity contribution is 7.91. The molecular weight excluding hydrogens is 512 g/mol. The van der Waals surface area contributed by atoms with Crippen LogP contribution in [0.15, 0.2) is 48.7 Å². The van der Waals surface area contributed by atoms with Gasteiger partial charge in [0.25, 0.3) is 0 Å². The molecule has 0 bridgehead atoms. The number of pyridine rings is 1. The number of anilines is 1. The molecule has 3 heterocycles. The molecule has 1 N–H and O–H groups in total. The Kier molecular flexibility index (Phi) is 6.86. The molecule has 3 aromatic rings. The summed E-state index contributed by atoms with van der Waals surface area (Å²) in [6, 6.07) is 14.4. The highest BCUT2D eigenvalue weighted by atomic mass is 32.2. The van der Waals surface area contributed by atoms with Crippen molar-refractivity contribution in [3.8, 4) is 17.2 Å². The van der Waals surface area contributed by atoms with Gasteiger partial charge in [-0.05, 0) is 43.2 Å². The van der Waals surface area contributed by atoms with Crippen LogP contribution in [0.4, 0.5) is 14.5 Å². The van der Waals surface area contributed by atoms with Gasteiger partial charge in [-0.25, -0.2) is 21.7 Å². The second-order valence-electron chi connectivity index (χ2n) is 10.1. The number of hydrogen-bond acceptors (Lipinski definition) is 6. The molecule has 8 nitrogen and oxygen atoms in total. The molecule has 200 valence electrons. The SMILES string of the molecule is C[C@@H](C#N)NC(=O)[C@@H]1CC(F)(F)CC[C@H]1c1nn2ccccc2c1-c1ccc(N2CCS(=O)(=O)CC2)cc1. The van der Waals surface area contributed by atoms with Crippen molar-refractivity contribution in [2.24, 2.45) is 5.92 Å². The molecule has 3 atom stereocenters. The molecule has 11 heteroatoms. The van der Waals surface area contributed by atoms with Crippen molar-refractivity contribution in [1.82, 2.24) is 14.9 Å². The third kappa shape index (κ3) is 5.23. The van der Waals surface area contributed by atoms with Gasteiger partial charge in [0.15, 0.2) is 9.84 Å². The van der Waals surface area contributed by atoms with Crippen LogP contribution in [0.3, 0.4) is 0 Å². The van der Waals surface area contributed by atoms with Crippen LogP contribution in [-0.4, -0.2) is 60.5 Å². The van der Waals surface area contributed by atoms with Gasteiger partial charge in [-0.15, -0.1) is 0 Å². The summed E-state index contributed by atoms with van der Waals surface area (Å²) in [5.74, 6) is -4.89. The highest BCUT2D eigenvalue weighted by Crippen LogP contribution is 2.47. The van der Waals surface area contributed by atoms with E-state index in [-0.39, 0.29) is 24.3 Å². The number of sulfone groups is 1. The molecule has 2 aliphatic rings. The van der Waals surface area contributed by atoms with E-state index in [0.717, 1.165) is 22.3 Å². The van der Waals surface area contributed by atoms with Crippen molar-refractivity contribution >= 4 is 26.9 Å². The Hall–Kier alpha value is -3.52. The summed E-state index contributed by atoms with van der Waals surface area (Å²) in [4.78, 5) is 15.1. The predicted octanol–water partition coefficient (Wildman–Crippen LogP) is 3.78. The summed E-state index contributed by atoms with van der Waals surface area (Å²) in [7, 11) is -3.00. The van der Waals surface area contributed by atoms with E-state index in [1.54, 1.807) is 10.7 Å². The zero-order valence-electron chi connectivity index (χ0n) is 21.0. The number of nitrogens with zero attached hydrogens (tertiary/aromatic N) is 4. The fourth-order valence-corrected chi connectivity index (χ4v) is 6.67. The van der Waals surface area contributed by atoms with Gasteiger partial charge < -0.3 is 10.2 Å². The van der Waals surface area contributed by atoms with E-state index in [4.69, 9.17) is 10.4 Å². The minimum absolute atomic E-state index is 0.0865. The summed E-state index contributed by atoms with van der Waals surface area (Å²) in [6.07, 6.45) is 0.920. The number of rotatable bonds is 5. The zero-order chi connectivity index (χ0) is 27.1. The minimum Gasteiger partial charge on any atom is -0.369 e. The molecule has 1 saturated heterocycles. The fourth-order valence-electron chi connectivity index (χ4n) is 5.47. The Labute approximate surface area is 220 Å². The van der Waals surface area contributed by atoms with Crippen LogP contribution in [-0.2, 0) is 14.6 Å². The Balaban J connectivity index is 1.53. The van der Waals surface area contributed by atoms with E-state index in [2.05, 4.69) is 5.32 Å². The number of amides is 1. The van der Waals surface area contributed by atoms with Crippen LogP contribution in [0.2, 0.25) is 0 Å². The van der Waals surface area contributed by atoms with Crippen molar-refractivity contribution < 1.29 is 22.0 Å². The quantitative estimate of drug-likeness (QED) is 0.527. The predicted molar refractivity (Wildman–Crippen MR) is 140 cm³/mol. The van der Waals surface area contributed by atoms with Gasteiger partial charge in [0.2, 0.25) is 11.8 Å². The summed E-state index contributed by atoms with van der Waals surface area (Å²) >= 11 is 0. The lowest BCUT2D eigenvalue weighted by atomic mass is 9.73. The molecule has 1 saturated carbocycles. The third-order valence-electron chi connectivity index (χ3n) is 7.50. The normalized spacial score (nSPS) is 23.5. The van der Waals surface area contributed by atoms with E-state index < -0.39 is 46.0 Å². The van der Waals surface area contributed by atoms with Crippen LogP contribution in [0.25, 0.3) is 16.6 Å². The van der Waals surface area contributed by atoms with Gasteiger partial charge >= 0.3 is 0 Å². The second-order valence-corrected chi connectivity index (χ2v) is 12.5. The molecule has 2 fully saturated rings. The molecule has 0 spiro atoms. The number of nitrogens with one attached hydrogen (secondary N) is 1. The van der Waals surface area contributed by atoms with E-state index in [0.29, 0.717) is 18.8 Å². The lowest BCUT2D eigenvalue weighted by Gasteiger charge is -2.35. The molecule has 38 heavy (non-hydrogen) atoms. The second kappa shape index (κ2) is 9.98. The lowest BCUT2D eigenvalue weighted by Crippen LogP contribution is -2.44. The van der Waals surface area contributed by atoms with Gasteiger partial charge in [-0.2, -0.15) is 10.4 Å². The van der Waals surface area contributed by atoms with Gasteiger partial charge in [0.1, 0.15) is 6.04 Å². The number of aromatic nitrogens is 2. The van der Waals surface area contributed by atoms with Crippen LogP contribution in [0.5, 0.6) is 0 Å². The van der Waals surface area contributed by atoms with Crippen molar-refractivity contribution in [1.29, 1.82) is 5.26 Å². The van der Waals surface area contributed by atoms with Gasteiger partial charge in [-0.3, -0.25) is 4.79 Å². The number of carbonyl (C=O) groups is 1. The number of hydrogen-bond donors (Lipinski definition) is 1. The molecular formula is C27H29F2N5O3S. The lowest BCUT2D eigenvalue weighted by molar-refractivity contribution is -0.134. The monoisotopic (exact) mass is 541 g/mol. The van der Waals surface area contributed by atoms with Crippen molar-refractivity contribution in [3.63, 3.8) is 0 Å². The number of benzene rings is 1. The van der Waals surface area contributed by atoms with Gasteiger partial charge in [0, 0.05) is 49.3 Å². The van der Waals surface area contributed by atoms with Crippen molar-refractivity contribution in [2.75, 3.05) is 29.5 Å². The van der Waals surface area contributed by atoms with E-state index in [9.17, 15) is 22.0 Å². The molecule has 1 aliphatic carbocycles. The van der Waals surface area contributed by atoms with E-state index in [1.807, 2.05) is 53.4 Å². The number of alkyl halides is 2. The molecule has 1 aliphatic heterocycles. The average molecular weight is 542 g/mol. The molecule has 1 amide bonds. The van der Waals surface area contributed by atoms with Crippen LogP contribution < -0.4 is 10.2 Å². The zero-order valence-corrected chi connectivity index (χ0v) is 21.8. The number of fused-ring (bicyclic) bond motifs is 1. The van der Waals surface area contributed by atoms with Crippen LogP contribution in [0.1, 0.15) is 37.8 Å². The maximum absolute atomic E-state index is 14.5. The minimum atomic E-state index is -3.00. The van der Waals surface area contributed by atoms with Crippen molar-refractivity contribution in [2.45, 2.75) is 44.1 Å². The summed E-state index contributed by atoms with van der Waals surface area (Å²) in [5, 5.41) is 16.5. The molecule has 0 radical (unpaired) electrons.